The van der Waals surface area contributed by atoms with Crippen LogP contribution < -0.4 is 11.1 Å². The van der Waals surface area contributed by atoms with Gasteiger partial charge in [-0.05, 0) is 12.5 Å². The molecular formula is C11H17N3O2. The van der Waals surface area contributed by atoms with Gasteiger partial charge in [-0.25, -0.2) is 4.98 Å². The number of anilines is 2. The first kappa shape index (κ1) is 11.2. The molecule has 0 amide bonds. The van der Waals surface area contributed by atoms with Gasteiger partial charge in [-0.2, -0.15) is 0 Å². The second-order valence-corrected chi connectivity index (χ2v) is 4.31. The molecule has 0 aliphatic carbocycles. The molecule has 2 heterocycles. The second kappa shape index (κ2) is 4.27. The van der Waals surface area contributed by atoms with Crippen molar-refractivity contribution in [1.82, 2.24) is 4.98 Å². The summed E-state index contributed by atoms with van der Waals surface area (Å²) in [6, 6.07) is 1.77. The maximum atomic E-state index is 10.0. The van der Waals surface area contributed by atoms with E-state index in [1.165, 1.54) is 0 Å². The molecule has 1 saturated heterocycles. The van der Waals surface area contributed by atoms with Crippen molar-refractivity contribution in [2.45, 2.75) is 18.9 Å². The number of pyridine rings is 1. The van der Waals surface area contributed by atoms with Crippen molar-refractivity contribution in [2.24, 2.45) is 0 Å². The minimum Gasteiger partial charge on any atom is -0.398 e. The van der Waals surface area contributed by atoms with E-state index in [4.69, 9.17) is 10.5 Å². The number of nitrogens with two attached hydrogens (primary N) is 1. The molecule has 1 aliphatic rings. The number of nitrogens with zero attached hydrogens (tertiary/aromatic N) is 1. The van der Waals surface area contributed by atoms with Gasteiger partial charge in [0.05, 0.1) is 6.61 Å². The molecule has 0 spiro atoms. The Morgan fingerprint density at radius 3 is 3.12 bits per heavy atom. The lowest BCUT2D eigenvalue weighted by Gasteiger charge is -2.21. The maximum Gasteiger partial charge on any atom is 0.128 e. The molecule has 0 radical (unpaired) electrons. The average Bonchev–Trinajstić information content (AvgIpc) is 2.68. The van der Waals surface area contributed by atoms with Crippen LogP contribution in [-0.4, -0.2) is 35.5 Å². The summed E-state index contributed by atoms with van der Waals surface area (Å²) < 4.78 is 5.16. The van der Waals surface area contributed by atoms with Gasteiger partial charge in [0.25, 0.3) is 0 Å². The van der Waals surface area contributed by atoms with Crippen LogP contribution in [0.2, 0.25) is 0 Å². The first-order chi connectivity index (χ1) is 7.59. The number of hydrogen-bond acceptors (Lipinski definition) is 5. The number of rotatable bonds is 3. The molecule has 0 aromatic carbocycles. The fourth-order valence-corrected chi connectivity index (χ4v) is 1.63. The standard InChI is InChI=1S/C11H17N3O2/c1-8-5-13-10(4-9(8)12)14-6-11(15)2-3-16-7-11/h4-5,15H,2-3,6-7H2,1H3,(H3,12,13,14). The largest absolute Gasteiger partial charge is 0.398 e. The van der Waals surface area contributed by atoms with Crippen molar-refractivity contribution in [3.63, 3.8) is 0 Å². The van der Waals surface area contributed by atoms with E-state index < -0.39 is 5.60 Å². The Balaban J connectivity index is 1.96. The second-order valence-electron chi connectivity index (χ2n) is 4.31. The van der Waals surface area contributed by atoms with Crippen LogP contribution in [0.25, 0.3) is 0 Å². The van der Waals surface area contributed by atoms with Crippen LogP contribution in [0.1, 0.15) is 12.0 Å². The predicted molar refractivity (Wildman–Crippen MR) is 62.3 cm³/mol. The van der Waals surface area contributed by atoms with Crippen LogP contribution in [0.15, 0.2) is 12.3 Å². The van der Waals surface area contributed by atoms with E-state index in [0.29, 0.717) is 37.7 Å². The van der Waals surface area contributed by atoms with E-state index in [-0.39, 0.29) is 0 Å². The lowest BCUT2D eigenvalue weighted by atomic mass is 10.0. The lowest BCUT2D eigenvalue weighted by molar-refractivity contribution is 0.0381. The summed E-state index contributed by atoms with van der Waals surface area (Å²) in [5.41, 5.74) is 6.65. The van der Waals surface area contributed by atoms with E-state index in [1.807, 2.05) is 6.92 Å². The number of aryl methyl sites for hydroxylation is 1. The van der Waals surface area contributed by atoms with Gasteiger partial charge in [0.1, 0.15) is 11.4 Å². The predicted octanol–water partition coefficient (Wildman–Crippen LogP) is 0.536. The van der Waals surface area contributed by atoms with Gasteiger partial charge >= 0.3 is 0 Å². The molecule has 1 aromatic heterocycles. The molecule has 1 aromatic rings. The third-order valence-electron chi connectivity index (χ3n) is 2.83. The molecule has 4 N–H and O–H groups in total. The Kier molecular flexibility index (Phi) is 2.98. The Bertz CT molecular complexity index is 375. The highest BCUT2D eigenvalue weighted by Crippen LogP contribution is 2.20. The van der Waals surface area contributed by atoms with Gasteiger partial charge < -0.3 is 20.9 Å². The molecule has 1 aliphatic heterocycles. The summed E-state index contributed by atoms with van der Waals surface area (Å²) in [6.45, 7) is 3.33. The quantitative estimate of drug-likeness (QED) is 0.696. The zero-order chi connectivity index (χ0) is 11.6. The summed E-state index contributed by atoms with van der Waals surface area (Å²) in [5.74, 6) is 0.684. The molecule has 1 fully saturated rings. The summed E-state index contributed by atoms with van der Waals surface area (Å²) in [6.07, 6.45) is 2.37. The minimum absolute atomic E-state index is 0.376. The molecule has 1 atom stereocenters. The van der Waals surface area contributed by atoms with E-state index in [9.17, 15) is 5.11 Å². The highest BCUT2D eigenvalue weighted by Gasteiger charge is 2.31. The van der Waals surface area contributed by atoms with Gasteiger partial charge in [-0.3, -0.25) is 0 Å². The third kappa shape index (κ3) is 2.43. The molecule has 0 bridgehead atoms. The van der Waals surface area contributed by atoms with Gasteiger partial charge in [0, 0.05) is 37.5 Å². The van der Waals surface area contributed by atoms with E-state index in [0.717, 1.165) is 5.56 Å². The summed E-state index contributed by atoms with van der Waals surface area (Å²) in [7, 11) is 0. The van der Waals surface area contributed by atoms with Crippen molar-refractivity contribution in [1.29, 1.82) is 0 Å². The van der Waals surface area contributed by atoms with Crippen LogP contribution >= 0.6 is 0 Å². The number of nitrogens with one attached hydrogen (secondary N) is 1. The van der Waals surface area contributed by atoms with Crippen LogP contribution in [0.3, 0.4) is 0 Å². The average molecular weight is 223 g/mol. The number of ether oxygens (including phenoxy) is 1. The molecule has 5 heteroatoms. The van der Waals surface area contributed by atoms with E-state index in [2.05, 4.69) is 10.3 Å². The smallest absolute Gasteiger partial charge is 0.128 e. The topological polar surface area (TPSA) is 80.4 Å². The van der Waals surface area contributed by atoms with Crippen LogP contribution in [0.5, 0.6) is 0 Å². The van der Waals surface area contributed by atoms with Crippen LogP contribution in [-0.2, 0) is 4.74 Å². The molecule has 5 nitrogen and oxygen atoms in total. The number of hydrogen-bond donors (Lipinski definition) is 3. The van der Waals surface area contributed by atoms with E-state index in [1.54, 1.807) is 12.3 Å². The SMILES string of the molecule is Cc1cnc(NCC2(O)CCOC2)cc1N. The summed E-state index contributed by atoms with van der Waals surface area (Å²) in [5, 5.41) is 13.1. The first-order valence-electron chi connectivity index (χ1n) is 5.35. The molecule has 2 rings (SSSR count). The molecule has 88 valence electrons. The van der Waals surface area contributed by atoms with Crippen molar-refractivity contribution >= 4 is 11.5 Å². The maximum absolute atomic E-state index is 10.0. The fraction of sp³-hybridized carbons (Fsp3) is 0.545. The Morgan fingerprint density at radius 1 is 1.69 bits per heavy atom. The highest BCUT2D eigenvalue weighted by atomic mass is 16.5. The molecule has 16 heavy (non-hydrogen) atoms. The molecular weight excluding hydrogens is 206 g/mol. The number of aliphatic hydroxyl groups is 1. The van der Waals surface area contributed by atoms with Crippen LogP contribution in [0.4, 0.5) is 11.5 Å². The zero-order valence-corrected chi connectivity index (χ0v) is 9.36. The number of aromatic nitrogens is 1. The Morgan fingerprint density at radius 2 is 2.50 bits per heavy atom. The van der Waals surface area contributed by atoms with Gasteiger partial charge in [0.15, 0.2) is 0 Å². The van der Waals surface area contributed by atoms with Crippen molar-refractivity contribution in [3.05, 3.63) is 17.8 Å². The Hall–Kier alpha value is -1.33. The zero-order valence-electron chi connectivity index (χ0n) is 9.36. The normalized spacial score (nSPS) is 24.6. The summed E-state index contributed by atoms with van der Waals surface area (Å²) in [4.78, 5) is 4.19. The van der Waals surface area contributed by atoms with Crippen molar-refractivity contribution in [2.75, 3.05) is 30.8 Å². The first-order valence-corrected chi connectivity index (χ1v) is 5.35. The lowest BCUT2D eigenvalue weighted by Crippen LogP contribution is -2.37. The highest BCUT2D eigenvalue weighted by molar-refractivity contribution is 5.53. The van der Waals surface area contributed by atoms with Gasteiger partial charge in [-0.15, -0.1) is 0 Å². The van der Waals surface area contributed by atoms with Crippen molar-refractivity contribution < 1.29 is 9.84 Å². The summed E-state index contributed by atoms with van der Waals surface area (Å²) >= 11 is 0. The van der Waals surface area contributed by atoms with Crippen LogP contribution in [0, 0.1) is 6.92 Å². The van der Waals surface area contributed by atoms with Gasteiger partial charge in [-0.1, -0.05) is 0 Å². The molecule has 1 unspecified atom stereocenters. The third-order valence-corrected chi connectivity index (χ3v) is 2.83. The fourth-order valence-electron chi connectivity index (χ4n) is 1.63. The monoisotopic (exact) mass is 223 g/mol. The van der Waals surface area contributed by atoms with Crippen molar-refractivity contribution in [3.8, 4) is 0 Å². The van der Waals surface area contributed by atoms with Gasteiger partial charge in [0.2, 0.25) is 0 Å². The Labute approximate surface area is 94.6 Å². The number of nitrogen functional groups attached to an aromatic ring is 1. The van der Waals surface area contributed by atoms with E-state index >= 15 is 0 Å². The molecule has 0 saturated carbocycles. The minimum atomic E-state index is -0.776.